The van der Waals surface area contributed by atoms with Crippen LogP contribution in [-0.4, -0.2) is 18.0 Å². The molecule has 3 nitrogen and oxygen atoms in total. The number of carbonyl (C=O) groups is 1. The number of methoxy groups -OCH3 is 1. The van der Waals surface area contributed by atoms with E-state index in [1.54, 1.807) is 19.2 Å². The molecule has 3 heteroatoms. The quantitative estimate of drug-likeness (QED) is 0.854. The van der Waals surface area contributed by atoms with Crippen molar-refractivity contribution in [3.05, 3.63) is 59.2 Å². The third-order valence-corrected chi connectivity index (χ3v) is 3.06. The summed E-state index contributed by atoms with van der Waals surface area (Å²) in [5.74, 6) is 0.441. The van der Waals surface area contributed by atoms with Gasteiger partial charge in [-0.25, -0.2) is 0 Å². The summed E-state index contributed by atoms with van der Waals surface area (Å²) >= 11 is 0. The molecule has 0 heterocycles. The molecule has 0 amide bonds. The Morgan fingerprint density at radius 3 is 2.42 bits per heavy atom. The van der Waals surface area contributed by atoms with Crippen molar-refractivity contribution in [2.24, 2.45) is 0 Å². The Bertz CT molecular complexity index is 588. The van der Waals surface area contributed by atoms with Crippen molar-refractivity contribution in [1.29, 1.82) is 0 Å². The third-order valence-electron chi connectivity index (χ3n) is 3.06. The van der Waals surface area contributed by atoms with Crippen LogP contribution < -0.4 is 4.74 Å². The van der Waals surface area contributed by atoms with Crippen molar-refractivity contribution in [2.45, 2.75) is 13.3 Å². The lowest BCUT2D eigenvalue weighted by Crippen LogP contribution is -2.00. The number of Topliss-reactive ketones (excluding diaryl/α,β-unsaturated/α-hetero) is 1. The van der Waals surface area contributed by atoms with Gasteiger partial charge in [0.1, 0.15) is 11.5 Å². The monoisotopic (exact) mass is 256 g/mol. The second-order valence-electron chi connectivity index (χ2n) is 4.36. The first-order valence-electron chi connectivity index (χ1n) is 6.07. The van der Waals surface area contributed by atoms with Gasteiger partial charge in [-0.1, -0.05) is 30.3 Å². The average molecular weight is 256 g/mol. The van der Waals surface area contributed by atoms with Crippen LogP contribution in [0.2, 0.25) is 0 Å². The molecular weight excluding hydrogens is 240 g/mol. The van der Waals surface area contributed by atoms with Crippen LogP contribution in [0.15, 0.2) is 42.5 Å². The highest BCUT2D eigenvalue weighted by atomic mass is 16.5. The fourth-order valence-electron chi connectivity index (χ4n) is 2.06. The first kappa shape index (κ1) is 13.1. The highest BCUT2D eigenvalue weighted by Crippen LogP contribution is 2.33. The molecule has 0 radical (unpaired) electrons. The van der Waals surface area contributed by atoms with E-state index in [9.17, 15) is 9.90 Å². The van der Waals surface area contributed by atoms with E-state index in [1.165, 1.54) is 6.92 Å². The number of benzene rings is 2. The summed E-state index contributed by atoms with van der Waals surface area (Å²) in [5, 5.41) is 10.2. The topological polar surface area (TPSA) is 46.5 Å². The zero-order valence-electron chi connectivity index (χ0n) is 11.0. The lowest BCUT2D eigenvalue weighted by Gasteiger charge is -2.13. The van der Waals surface area contributed by atoms with Crippen LogP contribution in [0, 0.1) is 0 Å². The summed E-state index contributed by atoms with van der Waals surface area (Å²) < 4.78 is 5.26. The van der Waals surface area contributed by atoms with E-state index in [2.05, 4.69) is 0 Å². The lowest BCUT2D eigenvalue weighted by atomic mass is 9.99. The molecule has 0 aliphatic heterocycles. The molecule has 0 aromatic heterocycles. The van der Waals surface area contributed by atoms with Gasteiger partial charge < -0.3 is 9.84 Å². The summed E-state index contributed by atoms with van der Waals surface area (Å²) in [5.41, 5.74) is 2.02. The van der Waals surface area contributed by atoms with Crippen molar-refractivity contribution in [3.63, 3.8) is 0 Å². The fourth-order valence-corrected chi connectivity index (χ4v) is 2.06. The summed E-state index contributed by atoms with van der Waals surface area (Å²) in [6.45, 7) is 1.44. The van der Waals surface area contributed by atoms with Crippen molar-refractivity contribution in [2.75, 3.05) is 7.11 Å². The number of hydrogen-bond donors (Lipinski definition) is 1. The van der Waals surface area contributed by atoms with E-state index < -0.39 is 0 Å². The smallest absolute Gasteiger partial charge is 0.163 e. The van der Waals surface area contributed by atoms with Gasteiger partial charge in [-0.2, -0.15) is 0 Å². The van der Waals surface area contributed by atoms with Gasteiger partial charge in [-0.05, 0) is 24.6 Å². The molecule has 0 spiro atoms. The van der Waals surface area contributed by atoms with E-state index in [0.717, 1.165) is 5.56 Å². The Kier molecular flexibility index (Phi) is 3.85. The molecule has 2 rings (SSSR count). The maximum absolute atomic E-state index is 11.5. The number of phenols is 1. The Hall–Kier alpha value is -2.29. The van der Waals surface area contributed by atoms with Crippen LogP contribution in [0.5, 0.6) is 11.5 Å². The third kappa shape index (κ3) is 2.76. The minimum atomic E-state index is -0.158. The van der Waals surface area contributed by atoms with Crippen LogP contribution in [-0.2, 0) is 6.42 Å². The van der Waals surface area contributed by atoms with Crippen molar-refractivity contribution < 1.29 is 14.6 Å². The second kappa shape index (κ2) is 5.57. The maximum Gasteiger partial charge on any atom is 0.163 e. The number of aromatic hydroxyl groups is 1. The van der Waals surface area contributed by atoms with Crippen molar-refractivity contribution >= 4 is 5.78 Å². The molecular formula is C16H16O3. The van der Waals surface area contributed by atoms with E-state index in [-0.39, 0.29) is 11.5 Å². The zero-order valence-corrected chi connectivity index (χ0v) is 11.0. The number of ether oxygens (including phenoxy) is 1. The Balaban J connectivity index is 2.48. The van der Waals surface area contributed by atoms with Gasteiger partial charge in [0.25, 0.3) is 0 Å². The number of rotatable bonds is 4. The average Bonchev–Trinajstić information content (AvgIpc) is 2.41. The first-order chi connectivity index (χ1) is 9.13. The van der Waals surface area contributed by atoms with Gasteiger partial charge >= 0.3 is 0 Å². The lowest BCUT2D eigenvalue weighted by molar-refractivity contribution is 0.101. The number of hydrogen-bond acceptors (Lipinski definition) is 3. The molecule has 0 unspecified atom stereocenters. The summed E-state index contributed by atoms with van der Waals surface area (Å²) in [4.78, 5) is 11.5. The molecule has 0 bridgehead atoms. The fraction of sp³-hybridized carbons (Fsp3) is 0.188. The van der Waals surface area contributed by atoms with Crippen LogP contribution in [0.1, 0.15) is 28.4 Å². The minimum absolute atomic E-state index is 0.00991. The molecule has 1 N–H and O–H groups in total. The molecule has 0 saturated carbocycles. The van der Waals surface area contributed by atoms with Crippen LogP contribution in [0.3, 0.4) is 0 Å². The summed E-state index contributed by atoms with van der Waals surface area (Å²) in [6.07, 6.45) is 0.525. The Labute approximate surface area is 112 Å². The molecule has 0 aliphatic rings. The van der Waals surface area contributed by atoms with Crippen LogP contribution >= 0.6 is 0 Å². The Morgan fingerprint density at radius 2 is 1.84 bits per heavy atom. The van der Waals surface area contributed by atoms with Gasteiger partial charge in [0, 0.05) is 12.0 Å². The maximum atomic E-state index is 11.5. The van der Waals surface area contributed by atoms with Gasteiger partial charge in [-0.3, -0.25) is 4.79 Å². The number of phenolic OH excluding ortho intramolecular Hbond substituents is 1. The van der Waals surface area contributed by atoms with Crippen LogP contribution in [0.4, 0.5) is 0 Å². The zero-order chi connectivity index (χ0) is 13.8. The predicted molar refractivity (Wildman–Crippen MR) is 73.9 cm³/mol. The van der Waals surface area contributed by atoms with E-state index in [1.807, 2.05) is 30.3 Å². The molecule has 0 fully saturated rings. The standard InChI is InChI=1S/C16H16O3/c1-11(17)13-8-9-15(19-2)14(16(13)18)10-12-6-4-3-5-7-12/h3-9,18H,10H2,1-2H3. The number of carbonyl (C=O) groups excluding carboxylic acids is 1. The second-order valence-corrected chi connectivity index (χ2v) is 4.36. The first-order valence-corrected chi connectivity index (χ1v) is 6.07. The van der Waals surface area contributed by atoms with Gasteiger partial charge in [0.05, 0.1) is 12.7 Å². The summed E-state index contributed by atoms with van der Waals surface area (Å²) in [7, 11) is 1.55. The molecule has 0 atom stereocenters. The molecule has 2 aromatic rings. The van der Waals surface area contributed by atoms with Gasteiger partial charge in [-0.15, -0.1) is 0 Å². The molecule has 19 heavy (non-hydrogen) atoms. The van der Waals surface area contributed by atoms with Crippen molar-refractivity contribution in [3.8, 4) is 11.5 Å². The normalized spacial score (nSPS) is 10.2. The SMILES string of the molecule is COc1ccc(C(C)=O)c(O)c1Cc1ccccc1. The molecule has 0 saturated heterocycles. The van der Waals surface area contributed by atoms with E-state index in [4.69, 9.17) is 4.74 Å². The van der Waals surface area contributed by atoms with E-state index >= 15 is 0 Å². The molecule has 98 valence electrons. The van der Waals surface area contributed by atoms with Crippen molar-refractivity contribution in [1.82, 2.24) is 0 Å². The molecule has 0 aliphatic carbocycles. The highest BCUT2D eigenvalue weighted by molar-refractivity contribution is 5.97. The Morgan fingerprint density at radius 1 is 1.16 bits per heavy atom. The predicted octanol–water partition coefficient (Wildman–Crippen LogP) is 3.19. The van der Waals surface area contributed by atoms with E-state index in [0.29, 0.717) is 23.3 Å². The highest BCUT2D eigenvalue weighted by Gasteiger charge is 2.16. The van der Waals surface area contributed by atoms with Gasteiger partial charge in [0.15, 0.2) is 5.78 Å². The number of ketones is 1. The van der Waals surface area contributed by atoms with Crippen LogP contribution in [0.25, 0.3) is 0 Å². The summed E-state index contributed by atoms with van der Waals surface area (Å²) in [6, 6.07) is 13.1. The minimum Gasteiger partial charge on any atom is -0.507 e. The molecule has 2 aromatic carbocycles. The van der Waals surface area contributed by atoms with Gasteiger partial charge in [0.2, 0.25) is 0 Å². The largest absolute Gasteiger partial charge is 0.507 e.